The van der Waals surface area contributed by atoms with Crippen molar-refractivity contribution < 1.29 is 9.53 Å². The van der Waals surface area contributed by atoms with Crippen LogP contribution >= 0.6 is 0 Å². The third kappa shape index (κ3) is 4.41. The molecule has 7 nitrogen and oxygen atoms in total. The van der Waals surface area contributed by atoms with Crippen LogP contribution in [0.5, 0.6) is 0 Å². The zero-order chi connectivity index (χ0) is 17.0. The number of likely N-dealkylation sites (N-methyl/N-ethyl adjacent to an activating group) is 1. The fraction of sp³-hybridized carbons (Fsp3) is 0.562. The van der Waals surface area contributed by atoms with Crippen LogP contribution in [0.1, 0.15) is 17.0 Å². The highest BCUT2D eigenvalue weighted by molar-refractivity contribution is 5.75. The molecule has 2 rings (SSSR count). The van der Waals surface area contributed by atoms with Crippen molar-refractivity contribution in [3.05, 3.63) is 23.0 Å². The van der Waals surface area contributed by atoms with Gasteiger partial charge < -0.3 is 15.4 Å². The van der Waals surface area contributed by atoms with E-state index < -0.39 is 0 Å². The van der Waals surface area contributed by atoms with Gasteiger partial charge in [-0.25, -0.2) is 0 Å². The number of carbonyl (C=O) groups is 1. The number of nitrogens with zero attached hydrogens (tertiary/aromatic N) is 4. The minimum atomic E-state index is -0.354. The summed E-state index contributed by atoms with van der Waals surface area (Å²) in [5, 5.41) is 9.42. The van der Waals surface area contributed by atoms with Gasteiger partial charge >= 0.3 is 0 Å². The largest absolute Gasteiger partial charge is 0.373 e. The van der Waals surface area contributed by atoms with Gasteiger partial charge in [0, 0.05) is 25.3 Å². The van der Waals surface area contributed by atoms with Gasteiger partial charge in [0.1, 0.15) is 6.07 Å². The Morgan fingerprint density at radius 2 is 2.35 bits per heavy atom. The Bertz CT molecular complexity index is 626. The standard InChI is InChI=1S/C16H23N5O2/c1-11-6-15(14(7-17)12(2)19-11)21-4-5-23-13(9-21)8-20(3)10-16(18)22/h6,13H,4-5,8-10H2,1-3H3,(H2,18,22)/t13-/m0/s1. The van der Waals surface area contributed by atoms with Gasteiger partial charge in [0.15, 0.2) is 0 Å². The third-order valence-electron chi connectivity index (χ3n) is 3.84. The number of aromatic nitrogens is 1. The Kier molecular flexibility index (Phi) is 5.53. The smallest absolute Gasteiger partial charge is 0.231 e. The fourth-order valence-corrected chi connectivity index (χ4v) is 2.92. The van der Waals surface area contributed by atoms with Gasteiger partial charge in [-0.3, -0.25) is 14.7 Å². The van der Waals surface area contributed by atoms with Crippen LogP contribution < -0.4 is 10.6 Å². The number of morpholine rings is 1. The van der Waals surface area contributed by atoms with Gasteiger partial charge in [-0.05, 0) is 27.0 Å². The molecule has 0 saturated carbocycles. The Morgan fingerprint density at radius 3 is 3.00 bits per heavy atom. The number of anilines is 1. The average molecular weight is 317 g/mol. The summed E-state index contributed by atoms with van der Waals surface area (Å²) < 4.78 is 5.78. The maximum absolute atomic E-state index is 11.0. The lowest BCUT2D eigenvalue weighted by Gasteiger charge is -2.36. The van der Waals surface area contributed by atoms with Crippen LogP contribution in [-0.4, -0.2) is 61.7 Å². The predicted octanol–water partition coefficient (Wildman–Crippen LogP) is 0.192. The zero-order valence-electron chi connectivity index (χ0n) is 13.9. The molecule has 0 aromatic carbocycles. The monoisotopic (exact) mass is 317 g/mol. The Hall–Kier alpha value is -2.17. The summed E-state index contributed by atoms with van der Waals surface area (Å²) in [6.07, 6.45) is -0.0339. The molecule has 2 heterocycles. The molecule has 0 bridgehead atoms. The molecule has 124 valence electrons. The van der Waals surface area contributed by atoms with Crippen molar-refractivity contribution in [2.75, 3.05) is 44.7 Å². The molecule has 1 aromatic rings. The van der Waals surface area contributed by atoms with Crippen molar-refractivity contribution in [2.45, 2.75) is 20.0 Å². The van der Waals surface area contributed by atoms with Crippen molar-refractivity contribution >= 4 is 11.6 Å². The van der Waals surface area contributed by atoms with E-state index in [1.807, 2.05) is 31.9 Å². The van der Waals surface area contributed by atoms with Gasteiger partial charge in [0.2, 0.25) is 5.91 Å². The van der Waals surface area contributed by atoms with Crippen LogP contribution in [0.3, 0.4) is 0 Å². The van der Waals surface area contributed by atoms with E-state index in [2.05, 4.69) is 16.0 Å². The summed E-state index contributed by atoms with van der Waals surface area (Å²) in [6, 6.07) is 4.20. The van der Waals surface area contributed by atoms with E-state index in [1.165, 1.54) is 0 Å². The van der Waals surface area contributed by atoms with Crippen LogP contribution in [0, 0.1) is 25.2 Å². The quantitative estimate of drug-likeness (QED) is 0.833. The Labute approximate surface area is 136 Å². The zero-order valence-corrected chi connectivity index (χ0v) is 13.9. The molecule has 1 aliphatic rings. The number of carbonyl (C=O) groups excluding carboxylic acids is 1. The SMILES string of the molecule is Cc1cc(N2CCO[C@@H](CN(C)CC(N)=O)C2)c(C#N)c(C)n1. The lowest BCUT2D eigenvalue weighted by molar-refractivity contribution is -0.119. The number of pyridine rings is 1. The average Bonchev–Trinajstić information content (AvgIpc) is 2.45. The Morgan fingerprint density at radius 1 is 1.61 bits per heavy atom. The van der Waals surface area contributed by atoms with E-state index in [1.54, 1.807) is 0 Å². The van der Waals surface area contributed by atoms with E-state index in [-0.39, 0.29) is 18.6 Å². The summed E-state index contributed by atoms with van der Waals surface area (Å²) in [5.41, 5.74) is 8.37. The number of nitriles is 1. The minimum absolute atomic E-state index is 0.0339. The molecule has 1 fully saturated rings. The van der Waals surface area contributed by atoms with Crippen molar-refractivity contribution in [2.24, 2.45) is 5.73 Å². The first kappa shape index (κ1) is 17.2. The van der Waals surface area contributed by atoms with E-state index in [9.17, 15) is 10.1 Å². The number of rotatable bonds is 5. The summed E-state index contributed by atoms with van der Waals surface area (Å²) in [4.78, 5) is 19.4. The maximum atomic E-state index is 11.0. The van der Waals surface area contributed by atoms with E-state index in [4.69, 9.17) is 10.5 Å². The molecule has 23 heavy (non-hydrogen) atoms. The Balaban J connectivity index is 2.13. The van der Waals surface area contributed by atoms with Crippen LogP contribution in [0.2, 0.25) is 0 Å². The van der Waals surface area contributed by atoms with Gasteiger partial charge in [-0.2, -0.15) is 5.26 Å². The van der Waals surface area contributed by atoms with Gasteiger partial charge in [0.05, 0.1) is 36.2 Å². The molecule has 7 heteroatoms. The number of amides is 1. The molecule has 1 aromatic heterocycles. The third-order valence-corrected chi connectivity index (χ3v) is 3.84. The van der Waals surface area contributed by atoms with Crippen LogP contribution in [0.4, 0.5) is 5.69 Å². The summed E-state index contributed by atoms with van der Waals surface area (Å²) in [7, 11) is 1.84. The molecular weight excluding hydrogens is 294 g/mol. The second-order valence-electron chi connectivity index (χ2n) is 5.96. The van der Waals surface area contributed by atoms with E-state index in [0.29, 0.717) is 25.3 Å². The van der Waals surface area contributed by atoms with Crippen molar-refractivity contribution in [1.82, 2.24) is 9.88 Å². The summed E-state index contributed by atoms with van der Waals surface area (Å²) in [6.45, 7) is 6.58. The maximum Gasteiger partial charge on any atom is 0.231 e. The molecule has 1 amide bonds. The number of nitrogens with two attached hydrogens (primary N) is 1. The first-order valence-electron chi connectivity index (χ1n) is 7.62. The highest BCUT2D eigenvalue weighted by atomic mass is 16.5. The summed E-state index contributed by atoms with van der Waals surface area (Å²) >= 11 is 0. The second-order valence-corrected chi connectivity index (χ2v) is 5.96. The topological polar surface area (TPSA) is 95.5 Å². The van der Waals surface area contributed by atoms with Crippen molar-refractivity contribution in [1.29, 1.82) is 5.26 Å². The van der Waals surface area contributed by atoms with Crippen LogP contribution in [-0.2, 0) is 9.53 Å². The first-order valence-corrected chi connectivity index (χ1v) is 7.62. The van der Waals surface area contributed by atoms with Gasteiger partial charge in [-0.15, -0.1) is 0 Å². The summed E-state index contributed by atoms with van der Waals surface area (Å²) in [5.74, 6) is -0.354. The number of hydrogen-bond donors (Lipinski definition) is 1. The predicted molar refractivity (Wildman–Crippen MR) is 87.1 cm³/mol. The first-order chi connectivity index (χ1) is 10.9. The second kappa shape index (κ2) is 7.40. The van der Waals surface area contributed by atoms with E-state index in [0.717, 1.165) is 23.6 Å². The molecule has 0 aliphatic carbocycles. The molecule has 2 N–H and O–H groups in total. The van der Waals surface area contributed by atoms with Gasteiger partial charge in [0.25, 0.3) is 0 Å². The molecule has 0 unspecified atom stereocenters. The minimum Gasteiger partial charge on any atom is -0.373 e. The molecule has 0 spiro atoms. The lowest BCUT2D eigenvalue weighted by atomic mass is 10.1. The molecule has 1 aliphatic heterocycles. The highest BCUT2D eigenvalue weighted by Gasteiger charge is 2.24. The van der Waals surface area contributed by atoms with E-state index >= 15 is 0 Å². The molecule has 1 saturated heterocycles. The van der Waals surface area contributed by atoms with Crippen molar-refractivity contribution in [3.63, 3.8) is 0 Å². The van der Waals surface area contributed by atoms with Crippen LogP contribution in [0.15, 0.2) is 6.07 Å². The molecule has 0 radical (unpaired) electrons. The van der Waals surface area contributed by atoms with Crippen LogP contribution in [0.25, 0.3) is 0 Å². The number of primary amides is 1. The lowest BCUT2D eigenvalue weighted by Crippen LogP contribution is -2.48. The van der Waals surface area contributed by atoms with Gasteiger partial charge in [-0.1, -0.05) is 0 Å². The molecule has 1 atom stereocenters. The number of hydrogen-bond acceptors (Lipinski definition) is 6. The number of ether oxygens (including phenoxy) is 1. The van der Waals surface area contributed by atoms with Crippen molar-refractivity contribution in [3.8, 4) is 6.07 Å². The fourth-order valence-electron chi connectivity index (χ4n) is 2.92. The molecular formula is C16H23N5O2. The highest BCUT2D eigenvalue weighted by Crippen LogP contribution is 2.25. The normalized spacial score (nSPS) is 18.0. The number of aryl methyl sites for hydroxylation is 2.